The number of rotatable bonds is 8. The zero-order chi connectivity index (χ0) is 12.8. The molecule has 1 unspecified atom stereocenters. The Bertz CT molecular complexity index is 343. The third kappa shape index (κ3) is 4.77. The molecule has 1 nitrogen and oxygen atoms in total. The number of hydrogen-bond acceptors (Lipinski definition) is 1. The van der Waals surface area contributed by atoms with Crippen molar-refractivity contribution in [2.75, 3.05) is 6.54 Å². The van der Waals surface area contributed by atoms with Crippen LogP contribution < -0.4 is 5.32 Å². The lowest BCUT2D eigenvalue weighted by Crippen LogP contribution is -2.26. The summed E-state index contributed by atoms with van der Waals surface area (Å²) >= 11 is 0. The Morgan fingerprint density at radius 3 is 2.61 bits per heavy atom. The number of unbranched alkanes of at least 4 members (excludes halogenated alkanes) is 1. The Labute approximate surface area is 110 Å². The van der Waals surface area contributed by atoms with Gasteiger partial charge in [-0.2, -0.15) is 0 Å². The van der Waals surface area contributed by atoms with Crippen molar-refractivity contribution in [1.82, 2.24) is 5.32 Å². The van der Waals surface area contributed by atoms with Gasteiger partial charge in [-0.05, 0) is 55.8 Å². The molecule has 18 heavy (non-hydrogen) atoms. The first-order chi connectivity index (χ1) is 8.78. The van der Waals surface area contributed by atoms with Crippen LogP contribution in [0.2, 0.25) is 0 Å². The number of halogens is 1. The Hall–Kier alpha value is -0.890. The minimum atomic E-state index is -0.139. The third-order valence-electron chi connectivity index (χ3n) is 3.68. The Morgan fingerprint density at radius 2 is 2.00 bits per heavy atom. The summed E-state index contributed by atoms with van der Waals surface area (Å²) in [7, 11) is 0. The van der Waals surface area contributed by atoms with Crippen molar-refractivity contribution in [2.24, 2.45) is 5.92 Å². The fourth-order valence-corrected chi connectivity index (χ4v) is 2.34. The third-order valence-corrected chi connectivity index (χ3v) is 3.68. The van der Waals surface area contributed by atoms with E-state index in [-0.39, 0.29) is 5.82 Å². The summed E-state index contributed by atoms with van der Waals surface area (Å²) in [5.41, 5.74) is 1.26. The maximum Gasteiger partial charge on any atom is 0.123 e. The molecule has 0 bridgehead atoms. The summed E-state index contributed by atoms with van der Waals surface area (Å²) in [6.07, 6.45) is 7.57. The highest BCUT2D eigenvalue weighted by molar-refractivity contribution is 5.16. The quantitative estimate of drug-likeness (QED) is 0.736. The summed E-state index contributed by atoms with van der Waals surface area (Å²) in [5.74, 6) is 0.552. The average molecular weight is 249 g/mol. The highest BCUT2D eigenvalue weighted by Gasteiger charge is 2.21. The lowest BCUT2D eigenvalue weighted by Gasteiger charge is -2.17. The minimum absolute atomic E-state index is 0.139. The molecule has 1 aromatic rings. The van der Waals surface area contributed by atoms with Crippen LogP contribution in [0.1, 0.15) is 44.6 Å². The van der Waals surface area contributed by atoms with E-state index in [1.807, 2.05) is 12.1 Å². The van der Waals surface area contributed by atoms with Crippen LogP contribution in [0.3, 0.4) is 0 Å². The molecule has 0 aromatic heterocycles. The van der Waals surface area contributed by atoms with Crippen molar-refractivity contribution in [3.8, 4) is 0 Å². The van der Waals surface area contributed by atoms with Gasteiger partial charge >= 0.3 is 0 Å². The van der Waals surface area contributed by atoms with Crippen LogP contribution in [0, 0.1) is 11.7 Å². The van der Waals surface area contributed by atoms with Crippen LogP contribution in [0.15, 0.2) is 24.3 Å². The summed E-state index contributed by atoms with van der Waals surface area (Å²) in [5, 5.41) is 3.62. The molecular formula is C16H24FN. The molecule has 0 radical (unpaired) electrons. The molecule has 1 saturated carbocycles. The molecule has 2 rings (SSSR count). The molecule has 0 aliphatic heterocycles. The topological polar surface area (TPSA) is 12.0 Å². The average Bonchev–Trinajstić information content (AvgIpc) is 3.19. The first kappa shape index (κ1) is 13.5. The smallest absolute Gasteiger partial charge is 0.123 e. The highest BCUT2D eigenvalue weighted by atomic mass is 19.1. The van der Waals surface area contributed by atoms with E-state index in [4.69, 9.17) is 0 Å². The summed E-state index contributed by atoms with van der Waals surface area (Å²) in [4.78, 5) is 0. The Kier molecular flexibility index (Phi) is 5.18. The van der Waals surface area contributed by atoms with Crippen molar-refractivity contribution in [2.45, 2.75) is 51.5 Å². The second kappa shape index (κ2) is 6.89. The second-order valence-electron chi connectivity index (χ2n) is 5.52. The summed E-state index contributed by atoms with van der Waals surface area (Å²) < 4.78 is 12.9. The van der Waals surface area contributed by atoms with Gasteiger partial charge in [-0.3, -0.25) is 0 Å². The number of hydrogen-bond donors (Lipinski definition) is 1. The van der Waals surface area contributed by atoms with Gasteiger partial charge in [0.1, 0.15) is 5.82 Å². The molecule has 1 aromatic carbocycles. The van der Waals surface area contributed by atoms with E-state index in [9.17, 15) is 4.39 Å². The van der Waals surface area contributed by atoms with Gasteiger partial charge in [-0.25, -0.2) is 4.39 Å². The fraction of sp³-hybridized carbons (Fsp3) is 0.625. The molecule has 1 atom stereocenters. The predicted molar refractivity (Wildman–Crippen MR) is 74.1 cm³/mol. The lowest BCUT2D eigenvalue weighted by atomic mass is 9.94. The number of benzene rings is 1. The van der Waals surface area contributed by atoms with E-state index in [2.05, 4.69) is 12.2 Å². The molecule has 1 aliphatic carbocycles. The summed E-state index contributed by atoms with van der Waals surface area (Å²) in [6, 6.07) is 7.76. The Balaban J connectivity index is 1.83. The van der Waals surface area contributed by atoms with Gasteiger partial charge in [0.05, 0.1) is 0 Å². The van der Waals surface area contributed by atoms with Crippen molar-refractivity contribution in [3.63, 3.8) is 0 Å². The standard InChI is InChI=1S/C16H24FN/c1-2-3-4-14(12-18-16-9-10-16)11-13-5-7-15(17)8-6-13/h5-8,14,16,18H,2-4,9-12H2,1H3. The van der Waals surface area contributed by atoms with Gasteiger partial charge in [0, 0.05) is 6.04 Å². The number of nitrogens with one attached hydrogen (secondary N) is 1. The van der Waals surface area contributed by atoms with Gasteiger partial charge in [-0.15, -0.1) is 0 Å². The summed E-state index contributed by atoms with van der Waals surface area (Å²) in [6.45, 7) is 3.35. The van der Waals surface area contributed by atoms with Crippen LogP contribution in [0.5, 0.6) is 0 Å². The molecule has 0 amide bonds. The molecule has 0 spiro atoms. The Morgan fingerprint density at radius 1 is 1.28 bits per heavy atom. The van der Waals surface area contributed by atoms with Gasteiger partial charge in [-0.1, -0.05) is 31.9 Å². The molecule has 1 fully saturated rings. The van der Waals surface area contributed by atoms with Gasteiger partial charge in [0.15, 0.2) is 0 Å². The van der Waals surface area contributed by atoms with Gasteiger partial charge in [0.2, 0.25) is 0 Å². The van der Waals surface area contributed by atoms with Gasteiger partial charge < -0.3 is 5.32 Å². The largest absolute Gasteiger partial charge is 0.314 e. The molecule has 1 N–H and O–H groups in total. The van der Waals surface area contributed by atoms with E-state index in [1.54, 1.807) is 12.1 Å². The van der Waals surface area contributed by atoms with Crippen LogP contribution in [0.4, 0.5) is 4.39 Å². The van der Waals surface area contributed by atoms with E-state index < -0.39 is 0 Å². The van der Waals surface area contributed by atoms with Crippen molar-refractivity contribution < 1.29 is 4.39 Å². The van der Waals surface area contributed by atoms with Crippen molar-refractivity contribution in [1.29, 1.82) is 0 Å². The first-order valence-corrected chi connectivity index (χ1v) is 7.25. The van der Waals surface area contributed by atoms with Crippen LogP contribution in [-0.2, 0) is 6.42 Å². The second-order valence-corrected chi connectivity index (χ2v) is 5.52. The van der Waals surface area contributed by atoms with E-state index >= 15 is 0 Å². The molecular weight excluding hydrogens is 225 g/mol. The SMILES string of the molecule is CCCCC(CNC1CC1)Cc1ccc(F)cc1. The monoisotopic (exact) mass is 249 g/mol. The molecule has 100 valence electrons. The minimum Gasteiger partial charge on any atom is -0.314 e. The zero-order valence-corrected chi connectivity index (χ0v) is 11.3. The first-order valence-electron chi connectivity index (χ1n) is 7.25. The van der Waals surface area contributed by atoms with Gasteiger partial charge in [0.25, 0.3) is 0 Å². The van der Waals surface area contributed by atoms with Crippen molar-refractivity contribution >= 4 is 0 Å². The lowest BCUT2D eigenvalue weighted by molar-refractivity contribution is 0.427. The molecule has 1 aliphatic rings. The molecule has 0 saturated heterocycles. The van der Waals surface area contributed by atoms with E-state index in [0.29, 0.717) is 5.92 Å². The van der Waals surface area contributed by atoms with Crippen LogP contribution in [-0.4, -0.2) is 12.6 Å². The van der Waals surface area contributed by atoms with Crippen LogP contribution >= 0.6 is 0 Å². The maximum atomic E-state index is 12.9. The molecule has 0 heterocycles. The van der Waals surface area contributed by atoms with E-state index in [0.717, 1.165) is 19.0 Å². The van der Waals surface area contributed by atoms with Crippen LogP contribution in [0.25, 0.3) is 0 Å². The predicted octanol–water partition coefficient (Wildman–Crippen LogP) is 3.93. The fourth-order valence-electron chi connectivity index (χ4n) is 2.34. The van der Waals surface area contributed by atoms with Crippen molar-refractivity contribution in [3.05, 3.63) is 35.6 Å². The normalized spacial score (nSPS) is 16.8. The van der Waals surface area contributed by atoms with E-state index in [1.165, 1.54) is 37.7 Å². The highest BCUT2D eigenvalue weighted by Crippen LogP contribution is 2.21. The maximum absolute atomic E-state index is 12.9. The zero-order valence-electron chi connectivity index (χ0n) is 11.3. The molecule has 2 heteroatoms.